The second-order valence-corrected chi connectivity index (χ2v) is 6.16. The summed E-state index contributed by atoms with van der Waals surface area (Å²) in [4.78, 5) is 23.8. The fourth-order valence-electron chi connectivity index (χ4n) is 1.65. The van der Waals surface area contributed by atoms with Gasteiger partial charge < -0.3 is 9.30 Å². The molecule has 0 radical (unpaired) electrons. The predicted molar refractivity (Wildman–Crippen MR) is 76.9 cm³/mol. The van der Waals surface area contributed by atoms with Crippen molar-refractivity contribution in [3.8, 4) is 0 Å². The molecule has 0 aliphatic rings. The molecular formula is C13H16N2O3S. The Morgan fingerprint density at radius 2 is 2.11 bits per heavy atom. The van der Waals surface area contributed by atoms with Gasteiger partial charge in [0, 0.05) is 23.3 Å². The molecule has 0 aromatic carbocycles. The highest BCUT2D eigenvalue weighted by Crippen LogP contribution is 2.27. The smallest absolute Gasteiger partial charge is 0.412 e. The van der Waals surface area contributed by atoms with E-state index in [1.165, 1.54) is 15.9 Å². The van der Waals surface area contributed by atoms with Gasteiger partial charge in [0.25, 0.3) is 5.56 Å². The number of amides is 1. The van der Waals surface area contributed by atoms with Crippen LogP contribution in [0.3, 0.4) is 0 Å². The molecule has 1 N–H and O–H groups in total. The van der Waals surface area contributed by atoms with Crippen molar-refractivity contribution in [2.24, 2.45) is 7.05 Å². The Bertz CT molecular complexity index is 679. The number of anilines is 1. The van der Waals surface area contributed by atoms with E-state index in [9.17, 15) is 9.59 Å². The maximum atomic E-state index is 12.1. The topological polar surface area (TPSA) is 60.3 Å². The third-order valence-corrected chi connectivity index (χ3v) is 3.39. The Kier molecular flexibility index (Phi) is 3.36. The highest BCUT2D eigenvalue weighted by Gasteiger charge is 2.18. The van der Waals surface area contributed by atoms with Crippen LogP contribution in [0.4, 0.5) is 10.5 Å². The number of nitrogens with zero attached hydrogens (tertiary/aromatic N) is 1. The molecule has 0 aliphatic carbocycles. The fourth-order valence-corrected chi connectivity index (χ4v) is 2.52. The van der Waals surface area contributed by atoms with Crippen LogP contribution in [-0.4, -0.2) is 16.3 Å². The Hall–Kier alpha value is -1.82. The summed E-state index contributed by atoms with van der Waals surface area (Å²) in [5.41, 5.74) is -0.207. The van der Waals surface area contributed by atoms with Crippen molar-refractivity contribution < 1.29 is 9.53 Å². The number of carbonyl (C=O) groups is 1. The highest BCUT2D eigenvalue weighted by molar-refractivity contribution is 7.17. The Morgan fingerprint density at radius 1 is 1.42 bits per heavy atom. The first-order chi connectivity index (χ1) is 8.78. The summed E-state index contributed by atoms with van der Waals surface area (Å²) < 4.78 is 7.50. The van der Waals surface area contributed by atoms with Gasteiger partial charge in [-0.05, 0) is 26.8 Å². The number of aryl methyl sites for hydroxylation is 1. The first kappa shape index (κ1) is 13.6. The molecule has 0 aliphatic heterocycles. The maximum Gasteiger partial charge on any atom is 0.412 e. The van der Waals surface area contributed by atoms with Crippen molar-refractivity contribution in [1.82, 2.24) is 4.57 Å². The number of ether oxygens (including phenoxy) is 1. The number of nitrogens with one attached hydrogen (secondary N) is 1. The van der Waals surface area contributed by atoms with Crippen molar-refractivity contribution in [3.05, 3.63) is 28.0 Å². The van der Waals surface area contributed by atoms with Gasteiger partial charge in [-0.3, -0.25) is 10.1 Å². The van der Waals surface area contributed by atoms with Crippen LogP contribution < -0.4 is 10.9 Å². The molecule has 5 nitrogen and oxygen atoms in total. The van der Waals surface area contributed by atoms with Crippen LogP contribution in [-0.2, 0) is 11.8 Å². The van der Waals surface area contributed by atoms with Gasteiger partial charge in [0.15, 0.2) is 0 Å². The van der Waals surface area contributed by atoms with E-state index in [-0.39, 0.29) is 5.56 Å². The quantitative estimate of drug-likeness (QED) is 0.873. The minimum absolute atomic E-state index is 0.134. The lowest BCUT2D eigenvalue weighted by Gasteiger charge is -2.19. The van der Waals surface area contributed by atoms with Gasteiger partial charge in [0.05, 0.1) is 11.1 Å². The Labute approximate surface area is 114 Å². The van der Waals surface area contributed by atoms with Crippen LogP contribution in [0.15, 0.2) is 22.4 Å². The van der Waals surface area contributed by atoms with Gasteiger partial charge in [-0.1, -0.05) is 0 Å². The maximum absolute atomic E-state index is 12.1. The molecule has 1 amide bonds. The van der Waals surface area contributed by atoms with Crippen molar-refractivity contribution in [1.29, 1.82) is 0 Å². The molecule has 2 heterocycles. The van der Waals surface area contributed by atoms with Crippen LogP contribution in [0.1, 0.15) is 20.8 Å². The Balaban J connectivity index is 2.34. The summed E-state index contributed by atoms with van der Waals surface area (Å²) in [6, 6.07) is 1.85. The van der Waals surface area contributed by atoms with E-state index in [4.69, 9.17) is 4.74 Å². The number of rotatable bonds is 1. The van der Waals surface area contributed by atoms with Gasteiger partial charge in [-0.2, -0.15) is 0 Å². The monoisotopic (exact) mass is 280 g/mol. The summed E-state index contributed by atoms with van der Waals surface area (Å²) in [5, 5.41) is 4.89. The van der Waals surface area contributed by atoms with E-state index in [1.54, 1.807) is 39.4 Å². The van der Waals surface area contributed by atoms with E-state index in [1.807, 2.05) is 6.07 Å². The van der Waals surface area contributed by atoms with E-state index in [2.05, 4.69) is 5.32 Å². The van der Waals surface area contributed by atoms with Crippen LogP contribution in [0, 0.1) is 0 Å². The van der Waals surface area contributed by atoms with Crippen molar-refractivity contribution in [3.63, 3.8) is 0 Å². The molecule has 0 atom stereocenters. The molecule has 2 rings (SSSR count). The summed E-state index contributed by atoms with van der Waals surface area (Å²) >= 11 is 1.41. The van der Waals surface area contributed by atoms with E-state index in [0.29, 0.717) is 11.1 Å². The molecule has 0 spiro atoms. The van der Waals surface area contributed by atoms with Crippen LogP contribution in [0.2, 0.25) is 0 Å². The zero-order chi connectivity index (χ0) is 14.2. The number of fused-ring (bicyclic) bond motifs is 1. The standard InChI is InChI=1S/C13H16N2O3S/c1-13(2,3)18-12(17)14-8-7-19-9-5-6-15(4)11(16)10(8)9/h5-7H,1-4H3,(H,14,17). The lowest BCUT2D eigenvalue weighted by Crippen LogP contribution is -2.27. The number of pyridine rings is 1. The minimum Gasteiger partial charge on any atom is -0.444 e. The molecule has 2 aromatic heterocycles. The second-order valence-electron chi connectivity index (χ2n) is 5.25. The van der Waals surface area contributed by atoms with Crippen LogP contribution in [0.5, 0.6) is 0 Å². The summed E-state index contributed by atoms with van der Waals surface area (Å²) in [6.45, 7) is 5.37. The number of aromatic nitrogens is 1. The molecule has 102 valence electrons. The van der Waals surface area contributed by atoms with Gasteiger partial charge in [0.1, 0.15) is 5.60 Å². The van der Waals surface area contributed by atoms with Crippen LogP contribution >= 0.6 is 11.3 Å². The normalized spacial score (nSPS) is 11.6. The molecule has 6 heteroatoms. The molecular weight excluding hydrogens is 264 g/mol. The van der Waals surface area contributed by atoms with Gasteiger partial charge in [0.2, 0.25) is 0 Å². The number of thiophene rings is 1. The average molecular weight is 280 g/mol. The first-order valence-electron chi connectivity index (χ1n) is 5.85. The van der Waals surface area contributed by atoms with Crippen molar-refractivity contribution in [2.75, 3.05) is 5.32 Å². The van der Waals surface area contributed by atoms with E-state index >= 15 is 0 Å². The third kappa shape index (κ3) is 2.96. The SMILES string of the molecule is Cn1ccc2scc(NC(=O)OC(C)(C)C)c2c1=O. The number of hydrogen-bond acceptors (Lipinski definition) is 4. The fraction of sp³-hybridized carbons (Fsp3) is 0.385. The second kappa shape index (κ2) is 4.70. The zero-order valence-corrected chi connectivity index (χ0v) is 12.1. The lowest BCUT2D eigenvalue weighted by atomic mass is 10.2. The first-order valence-corrected chi connectivity index (χ1v) is 6.73. The number of hydrogen-bond donors (Lipinski definition) is 1. The molecule has 0 unspecified atom stereocenters. The summed E-state index contributed by atoms with van der Waals surface area (Å²) in [6.07, 6.45) is 1.15. The molecule has 0 bridgehead atoms. The van der Waals surface area contributed by atoms with Gasteiger partial charge >= 0.3 is 6.09 Å². The molecule has 0 fully saturated rings. The van der Waals surface area contributed by atoms with Crippen molar-refractivity contribution >= 4 is 33.2 Å². The highest BCUT2D eigenvalue weighted by atomic mass is 32.1. The third-order valence-electron chi connectivity index (χ3n) is 2.44. The molecule has 2 aromatic rings. The molecule has 19 heavy (non-hydrogen) atoms. The lowest BCUT2D eigenvalue weighted by molar-refractivity contribution is 0.0636. The predicted octanol–water partition coefficient (Wildman–Crippen LogP) is 2.95. The van der Waals surface area contributed by atoms with E-state index < -0.39 is 11.7 Å². The number of carbonyl (C=O) groups excluding carboxylic acids is 1. The molecule has 0 saturated carbocycles. The molecule has 0 saturated heterocycles. The van der Waals surface area contributed by atoms with Crippen molar-refractivity contribution in [2.45, 2.75) is 26.4 Å². The average Bonchev–Trinajstić information content (AvgIpc) is 2.65. The minimum atomic E-state index is -0.569. The van der Waals surface area contributed by atoms with E-state index in [0.717, 1.165) is 4.70 Å². The van der Waals surface area contributed by atoms with Gasteiger partial charge in [-0.15, -0.1) is 11.3 Å². The van der Waals surface area contributed by atoms with Gasteiger partial charge in [-0.25, -0.2) is 4.79 Å². The van der Waals surface area contributed by atoms with Crippen LogP contribution in [0.25, 0.3) is 10.1 Å². The largest absolute Gasteiger partial charge is 0.444 e. The summed E-state index contributed by atoms with van der Waals surface area (Å²) in [7, 11) is 1.68. The summed E-state index contributed by atoms with van der Waals surface area (Å²) in [5.74, 6) is 0. The Morgan fingerprint density at radius 3 is 2.74 bits per heavy atom. The zero-order valence-electron chi connectivity index (χ0n) is 11.3.